The van der Waals surface area contributed by atoms with Gasteiger partial charge < -0.3 is 14.7 Å². The maximum absolute atomic E-state index is 14.3. The van der Waals surface area contributed by atoms with Gasteiger partial charge in [0.15, 0.2) is 0 Å². The first-order valence-electron chi connectivity index (χ1n) is 13.8. The van der Waals surface area contributed by atoms with Gasteiger partial charge in [-0.25, -0.2) is 4.79 Å². The Bertz CT molecular complexity index is 1340. The summed E-state index contributed by atoms with van der Waals surface area (Å²) in [5.74, 6) is 0.0461. The van der Waals surface area contributed by atoms with E-state index in [1.807, 2.05) is 36.1 Å². The molecule has 2 aromatic carbocycles. The molecule has 2 aliphatic heterocycles. The summed E-state index contributed by atoms with van der Waals surface area (Å²) in [7, 11) is 1.59. The van der Waals surface area contributed by atoms with Crippen LogP contribution >= 0.6 is 0 Å². The highest BCUT2D eigenvalue weighted by Crippen LogP contribution is 2.50. The molecule has 0 bridgehead atoms. The van der Waals surface area contributed by atoms with E-state index < -0.39 is 29.2 Å². The van der Waals surface area contributed by atoms with Crippen LogP contribution in [0.4, 0.5) is 18.0 Å². The third kappa shape index (κ3) is 5.56. The number of alkyl halides is 3. The zero-order chi connectivity index (χ0) is 30.1. The number of hydrogen-bond acceptors (Lipinski definition) is 2. The lowest BCUT2D eigenvalue weighted by molar-refractivity contribution is -0.139. The highest BCUT2D eigenvalue weighted by Gasteiger charge is 2.56. The van der Waals surface area contributed by atoms with E-state index in [1.165, 1.54) is 11.0 Å². The Labute approximate surface area is 240 Å². The molecule has 2 heterocycles. The summed E-state index contributed by atoms with van der Waals surface area (Å²) < 4.78 is 40.8. The Morgan fingerprint density at radius 3 is 2.34 bits per heavy atom. The minimum Gasteiger partial charge on any atom is -0.335 e. The number of nitrogens with zero attached hydrogens (tertiary/aromatic N) is 3. The standard InChI is InChI=1S/C33H38F3N3O2/c1-7-14-32(15-8-2)21-28-29(26-13-11-10-12-23(26)5)39(17-16-38(28)30(32)40)31(41)37(6)27(9-3)24-18-22(4)19-25(20-24)33(34,35)36/h7-13,18-20,27-29H,1-3,14-17,21H2,4-6H3/t27-,28+,29+/m1/s1. The predicted molar refractivity (Wildman–Crippen MR) is 155 cm³/mol. The summed E-state index contributed by atoms with van der Waals surface area (Å²) in [6, 6.07) is 9.80. The fraction of sp³-hybridized carbons (Fsp3) is 0.394. The van der Waals surface area contributed by atoms with Crippen LogP contribution in [0.15, 0.2) is 80.4 Å². The zero-order valence-electron chi connectivity index (χ0n) is 24.0. The number of halogens is 3. The normalized spacial score (nSPS) is 20.8. The third-order valence-corrected chi connectivity index (χ3v) is 8.53. The number of carbonyl (C=O) groups is 2. The van der Waals surface area contributed by atoms with Gasteiger partial charge in [0.2, 0.25) is 5.91 Å². The maximum Gasteiger partial charge on any atom is 0.416 e. The highest BCUT2D eigenvalue weighted by atomic mass is 19.4. The molecule has 3 amide bonds. The number of likely N-dealkylation sites (N-methyl/N-ethyl adjacent to an activating group) is 1. The Kier molecular flexibility index (Phi) is 8.52. The van der Waals surface area contributed by atoms with Crippen molar-refractivity contribution in [3.63, 3.8) is 0 Å². The molecular formula is C33H38F3N3O2. The van der Waals surface area contributed by atoms with Gasteiger partial charge in [0.1, 0.15) is 0 Å². The molecule has 0 unspecified atom stereocenters. The van der Waals surface area contributed by atoms with Crippen molar-refractivity contribution in [2.24, 2.45) is 5.41 Å². The number of hydrogen-bond donors (Lipinski definition) is 0. The van der Waals surface area contributed by atoms with Crippen LogP contribution in [0.1, 0.15) is 59.2 Å². The molecule has 2 aromatic rings. The van der Waals surface area contributed by atoms with Crippen molar-refractivity contribution in [3.05, 3.63) is 108 Å². The van der Waals surface area contributed by atoms with Gasteiger partial charge in [0.25, 0.3) is 0 Å². The molecule has 2 saturated heterocycles. The van der Waals surface area contributed by atoms with Crippen LogP contribution in [0.3, 0.4) is 0 Å². The fourth-order valence-corrected chi connectivity index (χ4v) is 6.64. The van der Waals surface area contributed by atoms with E-state index in [2.05, 4.69) is 19.7 Å². The fourth-order valence-electron chi connectivity index (χ4n) is 6.64. The molecule has 4 rings (SSSR count). The van der Waals surface area contributed by atoms with Crippen molar-refractivity contribution in [2.45, 2.75) is 57.4 Å². The summed E-state index contributed by atoms with van der Waals surface area (Å²) in [5, 5.41) is 0. The average Bonchev–Trinajstić information content (AvgIpc) is 3.19. The lowest BCUT2D eigenvalue weighted by atomic mass is 9.76. The van der Waals surface area contributed by atoms with Crippen LogP contribution in [-0.2, 0) is 11.0 Å². The van der Waals surface area contributed by atoms with Crippen LogP contribution in [0.5, 0.6) is 0 Å². The van der Waals surface area contributed by atoms with Crippen molar-refractivity contribution < 1.29 is 22.8 Å². The molecule has 2 aliphatic rings. The van der Waals surface area contributed by atoms with Gasteiger partial charge in [0, 0.05) is 20.1 Å². The minimum absolute atomic E-state index is 0.0461. The Morgan fingerprint density at radius 1 is 1.10 bits per heavy atom. The second kappa shape index (κ2) is 11.6. The number of piperazine rings is 1. The van der Waals surface area contributed by atoms with E-state index >= 15 is 0 Å². The summed E-state index contributed by atoms with van der Waals surface area (Å²) in [4.78, 5) is 33.2. The van der Waals surface area contributed by atoms with E-state index in [9.17, 15) is 22.8 Å². The molecule has 3 atom stereocenters. The number of benzene rings is 2. The zero-order valence-corrected chi connectivity index (χ0v) is 24.0. The number of allylic oxidation sites excluding steroid dienone is 2. The van der Waals surface area contributed by atoms with Gasteiger partial charge in [-0.05, 0) is 61.9 Å². The molecule has 41 heavy (non-hydrogen) atoms. The maximum atomic E-state index is 14.3. The lowest BCUT2D eigenvalue weighted by Gasteiger charge is -2.47. The first kappa shape index (κ1) is 30.2. The van der Waals surface area contributed by atoms with Crippen molar-refractivity contribution in [1.82, 2.24) is 14.7 Å². The molecule has 218 valence electrons. The van der Waals surface area contributed by atoms with E-state index in [-0.39, 0.29) is 24.5 Å². The van der Waals surface area contributed by atoms with Gasteiger partial charge in [-0.15, -0.1) is 19.7 Å². The second-order valence-electron chi connectivity index (χ2n) is 11.2. The molecule has 0 spiro atoms. The molecule has 8 heteroatoms. The number of urea groups is 1. The summed E-state index contributed by atoms with van der Waals surface area (Å²) in [6.07, 6.45) is 2.06. The van der Waals surface area contributed by atoms with Crippen molar-refractivity contribution in [1.29, 1.82) is 0 Å². The number of aryl methyl sites for hydroxylation is 2. The predicted octanol–water partition coefficient (Wildman–Crippen LogP) is 7.40. The van der Waals surface area contributed by atoms with Crippen LogP contribution in [0.25, 0.3) is 0 Å². The Balaban J connectivity index is 1.75. The molecular weight excluding hydrogens is 527 g/mol. The van der Waals surface area contributed by atoms with Gasteiger partial charge in [-0.1, -0.05) is 54.1 Å². The van der Waals surface area contributed by atoms with Gasteiger partial charge in [0.05, 0.1) is 29.1 Å². The van der Waals surface area contributed by atoms with Crippen LogP contribution in [0, 0.1) is 19.3 Å². The van der Waals surface area contributed by atoms with Gasteiger partial charge >= 0.3 is 12.2 Å². The summed E-state index contributed by atoms with van der Waals surface area (Å²) in [5.41, 5.74) is 1.28. The Hall–Kier alpha value is -3.81. The number of carbonyl (C=O) groups excluding carboxylic acids is 2. The minimum atomic E-state index is -4.51. The summed E-state index contributed by atoms with van der Waals surface area (Å²) >= 11 is 0. The van der Waals surface area contributed by atoms with Crippen molar-refractivity contribution in [3.8, 4) is 0 Å². The van der Waals surface area contributed by atoms with Crippen molar-refractivity contribution >= 4 is 11.9 Å². The van der Waals surface area contributed by atoms with E-state index in [0.717, 1.165) is 23.3 Å². The summed E-state index contributed by atoms with van der Waals surface area (Å²) in [6.45, 7) is 15.9. The van der Waals surface area contributed by atoms with Gasteiger partial charge in [-0.2, -0.15) is 13.2 Å². The van der Waals surface area contributed by atoms with Crippen LogP contribution in [-0.4, -0.2) is 52.8 Å². The quantitative estimate of drug-likeness (QED) is 0.313. The monoisotopic (exact) mass is 565 g/mol. The molecule has 2 fully saturated rings. The van der Waals surface area contributed by atoms with E-state index in [0.29, 0.717) is 36.9 Å². The molecule has 5 nitrogen and oxygen atoms in total. The first-order valence-corrected chi connectivity index (χ1v) is 13.8. The molecule has 0 saturated carbocycles. The molecule has 0 radical (unpaired) electrons. The van der Waals surface area contributed by atoms with E-state index in [4.69, 9.17) is 0 Å². The first-order chi connectivity index (χ1) is 19.4. The average molecular weight is 566 g/mol. The highest BCUT2D eigenvalue weighted by molar-refractivity contribution is 5.87. The number of fused-ring (bicyclic) bond motifs is 1. The number of rotatable bonds is 8. The third-order valence-electron chi connectivity index (χ3n) is 8.53. The largest absolute Gasteiger partial charge is 0.416 e. The Morgan fingerprint density at radius 2 is 1.76 bits per heavy atom. The molecule has 0 N–H and O–H groups in total. The van der Waals surface area contributed by atoms with E-state index in [1.54, 1.807) is 37.1 Å². The second-order valence-corrected chi connectivity index (χ2v) is 11.2. The SMILES string of the molecule is C=CCC1(CC=C)C[C@H]2[C@H](c3ccccc3C)N(C(=O)N(C)[C@H](C=C)c3cc(C)cc(C(F)(F)F)c3)CCN2C1=O. The number of amides is 3. The molecule has 0 aromatic heterocycles. The smallest absolute Gasteiger partial charge is 0.335 e. The lowest BCUT2D eigenvalue weighted by Crippen LogP contribution is -2.57. The van der Waals surface area contributed by atoms with Crippen LogP contribution in [0.2, 0.25) is 0 Å². The molecule has 0 aliphatic carbocycles. The van der Waals surface area contributed by atoms with Crippen LogP contribution < -0.4 is 0 Å². The van der Waals surface area contributed by atoms with Crippen molar-refractivity contribution in [2.75, 3.05) is 20.1 Å². The topological polar surface area (TPSA) is 43.9 Å². The van der Waals surface area contributed by atoms with Gasteiger partial charge in [-0.3, -0.25) is 4.79 Å².